The summed E-state index contributed by atoms with van der Waals surface area (Å²) in [6.45, 7) is 0.477. The first-order chi connectivity index (χ1) is 8.15. The highest BCUT2D eigenvalue weighted by molar-refractivity contribution is 9.10. The lowest BCUT2D eigenvalue weighted by atomic mass is 10.0. The Hall–Kier alpha value is -1.72. The highest BCUT2D eigenvalue weighted by Crippen LogP contribution is 2.41. The highest BCUT2D eigenvalue weighted by atomic mass is 79.9. The van der Waals surface area contributed by atoms with Gasteiger partial charge in [0.15, 0.2) is 0 Å². The second kappa shape index (κ2) is 4.65. The third-order valence-corrected chi connectivity index (χ3v) is 3.10. The molecule has 17 heavy (non-hydrogen) atoms. The predicted octanol–water partition coefficient (Wildman–Crippen LogP) is 3.41. The first kappa shape index (κ1) is 11.8. The molecule has 1 heterocycles. The number of aromatic carboxylic acids is 1. The van der Waals surface area contributed by atoms with E-state index < -0.39 is 5.97 Å². The maximum absolute atomic E-state index is 11.1. The van der Waals surface area contributed by atoms with E-state index in [9.17, 15) is 4.79 Å². The maximum atomic E-state index is 11.1. The lowest BCUT2D eigenvalue weighted by Crippen LogP contribution is -2.13. The number of halogens is 1. The molecule has 88 valence electrons. The van der Waals surface area contributed by atoms with Gasteiger partial charge in [-0.2, -0.15) is 0 Å². The van der Waals surface area contributed by atoms with Gasteiger partial charge >= 0.3 is 5.97 Å². The van der Waals surface area contributed by atoms with Crippen molar-refractivity contribution >= 4 is 27.6 Å². The van der Waals surface area contributed by atoms with Crippen LogP contribution in [0.2, 0.25) is 0 Å². The molecule has 1 aliphatic rings. The largest absolute Gasteiger partial charge is 0.492 e. The van der Waals surface area contributed by atoms with Crippen LogP contribution < -0.4 is 4.74 Å². The molecule has 7 heteroatoms. The number of azide groups is 1. The molecule has 0 amide bonds. The number of carboxylic acid groups (broad SMARTS) is 1. The Morgan fingerprint density at radius 2 is 2.41 bits per heavy atom. The van der Waals surface area contributed by atoms with Crippen LogP contribution in [-0.2, 0) is 6.42 Å². The maximum Gasteiger partial charge on any atom is 0.339 e. The van der Waals surface area contributed by atoms with E-state index in [1.54, 1.807) is 0 Å². The Labute approximate surface area is 105 Å². The Balaban J connectivity index is 2.73. The number of fused-ring (bicyclic) bond motifs is 1. The number of benzene rings is 1. The zero-order valence-electron chi connectivity index (χ0n) is 8.68. The number of carbonyl (C=O) groups is 1. The van der Waals surface area contributed by atoms with Crippen molar-refractivity contribution in [2.75, 3.05) is 6.61 Å². The van der Waals surface area contributed by atoms with Crippen LogP contribution in [0.3, 0.4) is 0 Å². The van der Waals surface area contributed by atoms with Crippen molar-refractivity contribution in [2.45, 2.75) is 12.8 Å². The van der Waals surface area contributed by atoms with Crippen LogP contribution >= 0.6 is 15.9 Å². The number of hydrogen-bond donors (Lipinski definition) is 1. The van der Waals surface area contributed by atoms with Gasteiger partial charge in [0.2, 0.25) is 0 Å². The zero-order valence-corrected chi connectivity index (χ0v) is 10.3. The molecule has 1 aromatic rings. The number of carboxylic acids is 1. The third-order valence-electron chi connectivity index (χ3n) is 2.49. The van der Waals surface area contributed by atoms with Gasteiger partial charge in [0.05, 0.1) is 12.3 Å². The van der Waals surface area contributed by atoms with Gasteiger partial charge in [-0.25, -0.2) is 4.79 Å². The summed E-state index contributed by atoms with van der Waals surface area (Å²) in [5.41, 5.74) is 9.65. The summed E-state index contributed by atoms with van der Waals surface area (Å²) in [7, 11) is 0. The molecule has 0 unspecified atom stereocenters. The molecule has 6 nitrogen and oxygen atoms in total. The lowest BCUT2D eigenvalue weighted by Gasteiger charge is -2.21. The molecule has 0 aliphatic carbocycles. The van der Waals surface area contributed by atoms with Crippen molar-refractivity contribution in [1.29, 1.82) is 0 Å². The Bertz CT molecular complexity index is 538. The van der Waals surface area contributed by atoms with E-state index in [0.29, 0.717) is 34.5 Å². The molecule has 0 aromatic heterocycles. The summed E-state index contributed by atoms with van der Waals surface area (Å²) in [4.78, 5) is 13.8. The van der Waals surface area contributed by atoms with Crippen LogP contribution in [-0.4, -0.2) is 17.7 Å². The molecule has 0 saturated carbocycles. The summed E-state index contributed by atoms with van der Waals surface area (Å²) in [6.07, 6.45) is 1.42. The first-order valence-corrected chi connectivity index (χ1v) is 5.71. The van der Waals surface area contributed by atoms with E-state index in [4.69, 9.17) is 15.4 Å². The van der Waals surface area contributed by atoms with Gasteiger partial charge in [-0.05, 0) is 24.4 Å². The predicted molar refractivity (Wildman–Crippen MR) is 63.7 cm³/mol. The smallest absolute Gasteiger partial charge is 0.339 e. The first-order valence-electron chi connectivity index (χ1n) is 4.91. The molecule has 0 radical (unpaired) electrons. The summed E-state index contributed by atoms with van der Waals surface area (Å²) in [5, 5.41) is 12.7. The van der Waals surface area contributed by atoms with Crippen LogP contribution in [0.5, 0.6) is 5.75 Å². The van der Waals surface area contributed by atoms with Gasteiger partial charge in [-0.1, -0.05) is 21.0 Å². The molecular formula is C10H8BrN3O3. The van der Waals surface area contributed by atoms with Crippen molar-refractivity contribution in [3.8, 4) is 5.75 Å². The quantitative estimate of drug-likeness (QED) is 0.514. The van der Waals surface area contributed by atoms with Crippen molar-refractivity contribution in [2.24, 2.45) is 5.11 Å². The van der Waals surface area contributed by atoms with Crippen LogP contribution in [0.15, 0.2) is 15.7 Å². The molecule has 0 fully saturated rings. The Kier molecular flexibility index (Phi) is 3.21. The van der Waals surface area contributed by atoms with Gasteiger partial charge in [-0.3, -0.25) is 0 Å². The van der Waals surface area contributed by atoms with E-state index >= 15 is 0 Å². The Morgan fingerprint density at radius 3 is 3.06 bits per heavy atom. The standard InChI is InChI=1S/C10H8BrN3O3/c11-7-4-6(10(15)16)9-5(2-1-3-17-9)8(7)13-14-12/h4H,1-3H2,(H,15,16). The van der Waals surface area contributed by atoms with Crippen molar-refractivity contribution in [3.63, 3.8) is 0 Å². The lowest BCUT2D eigenvalue weighted by molar-refractivity contribution is 0.0691. The van der Waals surface area contributed by atoms with Crippen molar-refractivity contribution in [1.82, 2.24) is 0 Å². The Morgan fingerprint density at radius 1 is 1.65 bits per heavy atom. The number of hydrogen-bond acceptors (Lipinski definition) is 3. The van der Waals surface area contributed by atoms with E-state index in [1.165, 1.54) is 6.07 Å². The van der Waals surface area contributed by atoms with E-state index in [2.05, 4.69) is 26.0 Å². The summed E-state index contributed by atoms with van der Waals surface area (Å²) in [6, 6.07) is 1.40. The second-order valence-corrected chi connectivity index (χ2v) is 4.36. The van der Waals surface area contributed by atoms with Gasteiger partial charge < -0.3 is 9.84 Å². The minimum Gasteiger partial charge on any atom is -0.492 e. The van der Waals surface area contributed by atoms with E-state index in [1.807, 2.05) is 0 Å². The molecule has 0 saturated heterocycles. The van der Waals surface area contributed by atoms with Crippen molar-refractivity contribution < 1.29 is 14.6 Å². The minimum atomic E-state index is -1.06. The average molecular weight is 298 g/mol. The molecule has 0 atom stereocenters. The molecule has 0 spiro atoms. The van der Waals surface area contributed by atoms with Crippen molar-refractivity contribution in [3.05, 3.63) is 32.1 Å². The molecule has 1 aliphatic heterocycles. The van der Waals surface area contributed by atoms with Crippen LogP contribution in [0.1, 0.15) is 22.3 Å². The van der Waals surface area contributed by atoms with Gasteiger partial charge in [0.1, 0.15) is 11.3 Å². The normalized spacial score (nSPS) is 13.2. The van der Waals surface area contributed by atoms with Gasteiger partial charge in [0.25, 0.3) is 0 Å². The summed E-state index contributed by atoms with van der Waals surface area (Å²) < 4.78 is 5.84. The third kappa shape index (κ3) is 2.07. The molecular weight excluding hydrogens is 290 g/mol. The SMILES string of the molecule is [N-]=[N+]=Nc1c(Br)cc(C(=O)O)c2c1CCCO2. The van der Waals surface area contributed by atoms with Gasteiger partial charge in [-0.15, -0.1) is 0 Å². The number of rotatable bonds is 2. The molecule has 0 bridgehead atoms. The molecule has 2 rings (SSSR count). The topological polar surface area (TPSA) is 95.3 Å². The molecule has 1 N–H and O–H groups in total. The van der Waals surface area contributed by atoms with Crippen LogP contribution in [0, 0.1) is 0 Å². The second-order valence-electron chi connectivity index (χ2n) is 3.51. The minimum absolute atomic E-state index is 0.0865. The molecule has 1 aromatic carbocycles. The van der Waals surface area contributed by atoms with E-state index in [0.717, 1.165) is 6.42 Å². The van der Waals surface area contributed by atoms with Crippen LogP contribution in [0.4, 0.5) is 5.69 Å². The van der Waals surface area contributed by atoms with Gasteiger partial charge in [0, 0.05) is 14.9 Å². The average Bonchev–Trinajstić information content (AvgIpc) is 2.32. The fourth-order valence-electron chi connectivity index (χ4n) is 1.81. The monoisotopic (exact) mass is 297 g/mol. The fraction of sp³-hybridized carbons (Fsp3) is 0.300. The highest BCUT2D eigenvalue weighted by Gasteiger charge is 2.23. The van der Waals surface area contributed by atoms with E-state index in [-0.39, 0.29) is 5.56 Å². The fourth-order valence-corrected chi connectivity index (χ4v) is 2.35. The number of ether oxygens (including phenoxy) is 1. The zero-order chi connectivity index (χ0) is 12.4. The summed E-state index contributed by atoms with van der Waals surface area (Å²) in [5.74, 6) is -0.745. The van der Waals surface area contributed by atoms with Crippen LogP contribution in [0.25, 0.3) is 10.4 Å². The number of nitrogens with zero attached hydrogens (tertiary/aromatic N) is 3. The summed E-state index contributed by atoms with van der Waals surface area (Å²) >= 11 is 3.21.